The summed E-state index contributed by atoms with van der Waals surface area (Å²) in [5, 5.41) is 3.49. The summed E-state index contributed by atoms with van der Waals surface area (Å²) in [4.78, 5) is 0. The normalized spacial score (nSPS) is 35.1. The first kappa shape index (κ1) is 8.93. The Morgan fingerprint density at radius 1 is 1.29 bits per heavy atom. The van der Waals surface area contributed by atoms with Crippen molar-refractivity contribution in [3.05, 3.63) is 34.3 Å². The van der Waals surface area contributed by atoms with Crippen molar-refractivity contribution in [3.8, 4) is 0 Å². The van der Waals surface area contributed by atoms with Gasteiger partial charge in [-0.15, -0.1) is 0 Å². The van der Waals surface area contributed by atoms with Gasteiger partial charge in [0, 0.05) is 4.47 Å². The number of hydrogen-bond donors (Lipinski definition) is 1. The van der Waals surface area contributed by atoms with E-state index in [1.807, 2.05) is 0 Å². The zero-order valence-electron chi connectivity index (χ0n) is 8.04. The molecule has 1 N–H and O–H groups in total. The maximum Gasteiger partial charge on any atom is 0.0178 e. The molecule has 0 bridgehead atoms. The van der Waals surface area contributed by atoms with Crippen LogP contribution in [0.1, 0.15) is 17.9 Å². The van der Waals surface area contributed by atoms with Crippen LogP contribution in [0, 0.1) is 11.8 Å². The molecule has 74 valence electrons. The minimum absolute atomic E-state index is 0.812. The molecular weight excluding hydrogens is 238 g/mol. The fraction of sp³-hybridized carbons (Fsp3) is 0.500. The molecule has 14 heavy (non-hydrogen) atoms. The maximum atomic E-state index is 3.54. The van der Waals surface area contributed by atoms with Gasteiger partial charge in [-0.3, -0.25) is 0 Å². The van der Waals surface area contributed by atoms with Crippen molar-refractivity contribution < 1.29 is 0 Å². The predicted octanol–water partition coefficient (Wildman–Crippen LogP) is 2.77. The molecule has 1 nitrogen and oxygen atoms in total. The molecule has 1 aromatic rings. The summed E-state index contributed by atoms with van der Waals surface area (Å²) in [6.07, 6.45) is 1.38. The molecule has 0 spiro atoms. The number of halogens is 1. The van der Waals surface area contributed by atoms with Crippen molar-refractivity contribution in [2.45, 2.75) is 12.3 Å². The zero-order valence-corrected chi connectivity index (χ0v) is 9.63. The second-order valence-corrected chi connectivity index (χ2v) is 5.40. The summed E-state index contributed by atoms with van der Waals surface area (Å²) in [5.41, 5.74) is 1.52. The van der Waals surface area contributed by atoms with Gasteiger partial charge in [-0.25, -0.2) is 0 Å². The summed E-state index contributed by atoms with van der Waals surface area (Å²) in [7, 11) is 0. The Morgan fingerprint density at radius 3 is 3.00 bits per heavy atom. The molecule has 1 aliphatic heterocycles. The average molecular weight is 252 g/mol. The number of nitrogens with one attached hydrogen (secondary N) is 1. The highest BCUT2D eigenvalue weighted by atomic mass is 79.9. The third-order valence-corrected chi connectivity index (χ3v) is 4.24. The average Bonchev–Trinajstić information content (AvgIpc) is 2.48. The van der Waals surface area contributed by atoms with E-state index < -0.39 is 0 Å². The zero-order chi connectivity index (χ0) is 9.54. The monoisotopic (exact) mass is 251 g/mol. The van der Waals surface area contributed by atoms with Gasteiger partial charge < -0.3 is 5.32 Å². The Labute approximate surface area is 93.0 Å². The third kappa shape index (κ3) is 1.32. The van der Waals surface area contributed by atoms with Gasteiger partial charge in [-0.2, -0.15) is 0 Å². The summed E-state index contributed by atoms with van der Waals surface area (Å²) in [5.74, 6) is 2.68. The van der Waals surface area contributed by atoms with Crippen LogP contribution in [0.5, 0.6) is 0 Å². The lowest BCUT2D eigenvalue weighted by atomic mass is 9.64. The molecule has 2 heteroatoms. The molecule has 2 fully saturated rings. The molecule has 0 aromatic heterocycles. The molecule has 1 saturated carbocycles. The highest BCUT2D eigenvalue weighted by Gasteiger charge is 2.44. The van der Waals surface area contributed by atoms with E-state index in [0.29, 0.717) is 0 Å². The molecule has 3 rings (SSSR count). The lowest BCUT2D eigenvalue weighted by Gasteiger charge is -2.40. The van der Waals surface area contributed by atoms with Gasteiger partial charge in [0.25, 0.3) is 0 Å². The fourth-order valence-electron chi connectivity index (χ4n) is 2.91. The molecule has 0 amide bonds. The van der Waals surface area contributed by atoms with E-state index >= 15 is 0 Å². The lowest BCUT2D eigenvalue weighted by Crippen LogP contribution is -2.33. The standard InChI is InChI=1S/C12H14BrN/c13-10-3-1-2-8(4-10)11-5-9-6-14-7-12(9)11/h1-4,9,11-12,14H,5-7H2/t9-,11+,12+/m1/s1. The van der Waals surface area contributed by atoms with E-state index in [1.165, 1.54) is 29.5 Å². The fourth-order valence-corrected chi connectivity index (χ4v) is 3.32. The van der Waals surface area contributed by atoms with Gasteiger partial charge >= 0.3 is 0 Å². The van der Waals surface area contributed by atoms with E-state index in [-0.39, 0.29) is 0 Å². The Kier molecular flexibility index (Phi) is 2.14. The molecule has 1 aliphatic carbocycles. The molecule has 0 radical (unpaired) electrons. The molecule has 1 aromatic carbocycles. The molecule has 3 atom stereocenters. The van der Waals surface area contributed by atoms with Gasteiger partial charge in [-0.1, -0.05) is 28.1 Å². The molecular formula is C12H14BrN. The van der Waals surface area contributed by atoms with Gasteiger partial charge in [0.1, 0.15) is 0 Å². The number of rotatable bonds is 1. The lowest BCUT2D eigenvalue weighted by molar-refractivity contribution is 0.191. The number of fused-ring (bicyclic) bond motifs is 1. The quantitative estimate of drug-likeness (QED) is 0.810. The van der Waals surface area contributed by atoms with Crippen LogP contribution in [0.4, 0.5) is 0 Å². The van der Waals surface area contributed by atoms with Crippen LogP contribution in [-0.4, -0.2) is 13.1 Å². The Bertz CT molecular complexity index is 350. The van der Waals surface area contributed by atoms with Crippen molar-refractivity contribution in [2.75, 3.05) is 13.1 Å². The second-order valence-electron chi connectivity index (χ2n) is 4.48. The Morgan fingerprint density at radius 2 is 2.21 bits per heavy atom. The first-order valence-electron chi connectivity index (χ1n) is 5.31. The third-order valence-electron chi connectivity index (χ3n) is 3.74. The minimum Gasteiger partial charge on any atom is -0.316 e. The van der Waals surface area contributed by atoms with E-state index in [0.717, 1.165) is 17.8 Å². The Hall–Kier alpha value is -0.340. The van der Waals surface area contributed by atoms with E-state index in [4.69, 9.17) is 0 Å². The van der Waals surface area contributed by atoms with Gasteiger partial charge in [0.05, 0.1) is 0 Å². The van der Waals surface area contributed by atoms with Crippen LogP contribution >= 0.6 is 15.9 Å². The van der Waals surface area contributed by atoms with Gasteiger partial charge in [0.2, 0.25) is 0 Å². The molecule has 1 heterocycles. The minimum atomic E-state index is 0.812. The van der Waals surface area contributed by atoms with Crippen LogP contribution in [0.2, 0.25) is 0 Å². The summed E-state index contributed by atoms with van der Waals surface area (Å²) >= 11 is 3.54. The van der Waals surface area contributed by atoms with Crippen LogP contribution in [0.3, 0.4) is 0 Å². The largest absolute Gasteiger partial charge is 0.316 e. The highest BCUT2D eigenvalue weighted by molar-refractivity contribution is 9.10. The topological polar surface area (TPSA) is 12.0 Å². The molecule has 0 unspecified atom stereocenters. The van der Waals surface area contributed by atoms with Crippen molar-refractivity contribution in [1.29, 1.82) is 0 Å². The van der Waals surface area contributed by atoms with Crippen LogP contribution < -0.4 is 5.32 Å². The number of hydrogen-bond acceptors (Lipinski definition) is 1. The van der Waals surface area contributed by atoms with Crippen molar-refractivity contribution in [1.82, 2.24) is 5.32 Å². The highest BCUT2D eigenvalue weighted by Crippen LogP contribution is 2.49. The van der Waals surface area contributed by atoms with E-state index in [2.05, 4.69) is 45.5 Å². The SMILES string of the molecule is Brc1cccc([C@@H]2C[C@@H]3CNC[C@@H]32)c1. The second kappa shape index (κ2) is 3.35. The van der Waals surface area contributed by atoms with Crippen LogP contribution in [0.15, 0.2) is 28.7 Å². The first-order chi connectivity index (χ1) is 6.84. The van der Waals surface area contributed by atoms with Crippen molar-refractivity contribution in [2.24, 2.45) is 11.8 Å². The van der Waals surface area contributed by atoms with Gasteiger partial charge in [-0.05, 0) is 55.0 Å². The molecule has 1 saturated heterocycles. The summed E-state index contributed by atoms with van der Waals surface area (Å²) < 4.78 is 1.21. The first-order valence-corrected chi connectivity index (χ1v) is 6.10. The van der Waals surface area contributed by atoms with E-state index in [9.17, 15) is 0 Å². The summed E-state index contributed by atoms with van der Waals surface area (Å²) in [6, 6.07) is 8.80. The van der Waals surface area contributed by atoms with Crippen LogP contribution in [-0.2, 0) is 0 Å². The van der Waals surface area contributed by atoms with Crippen molar-refractivity contribution in [3.63, 3.8) is 0 Å². The molecule has 2 aliphatic rings. The summed E-state index contributed by atoms with van der Waals surface area (Å²) in [6.45, 7) is 2.47. The van der Waals surface area contributed by atoms with Crippen LogP contribution in [0.25, 0.3) is 0 Å². The van der Waals surface area contributed by atoms with E-state index in [1.54, 1.807) is 0 Å². The number of benzene rings is 1. The smallest absolute Gasteiger partial charge is 0.0178 e. The Balaban J connectivity index is 1.83. The van der Waals surface area contributed by atoms with Crippen molar-refractivity contribution >= 4 is 15.9 Å². The van der Waals surface area contributed by atoms with Gasteiger partial charge in [0.15, 0.2) is 0 Å². The predicted molar refractivity (Wildman–Crippen MR) is 61.3 cm³/mol. The maximum absolute atomic E-state index is 3.54.